The fraction of sp³-hybridized carbons (Fsp3) is 0. The van der Waals surface area contributed by atoms with Crippen LogP contribution in [-0.4, -0.2) is 11.0 Å². The molecular formula is C16H11ClO2. The summed E-state index contributed by atoms with van der Waals surface area (Å²) in [6.45, 7) is 0. The maximum Gasteiger partial charge on any atom is 0.252 e. The predicted octanol–water partition coefficient (Wildman–Crippen LogP) is 3.96. The van der Waals surface area contributed by atoms with E-state index in [4.69, 9.17) is 11.6 Å². The third kappa shape index (κ3) is 3.63. The number of hydrogen-bond acceptors (Lipinski definition) is 2. The van der Waals surface area contributed by atoms with Crippen molar-refractivity contribution in [2.45, 2.75) is 0 Å². The van der Waals surface area contributed by atoms with E-state index in [0.717, 1.165) is 5.56 Å². The fourth-order valence-electron chi connectivity index (χ4n) is 1.60. The van der Waals surface area contributed by atoms with Crippen LogP contribution in [0.25, 0.3) is 6.08 Å². The van der Waals surface area contributed by atoms with E-state index >= 15 is 0 Å². The van der Waals surface area contributed by atoms with Gasteiger partial charge in [0, 0.05) is 11.1 Å². The van der Waals surface area contributed by atoms with Gasteiger partial charge >= 0.3 is 0 Å². The number of ketones is 1. The van der Waals surface area contributed by atoms with Crippen molar-refractivity contribution < 1.29 is 9.59 Å². The van der Waals surface area contributed by atoms with E-state index in [1.165, 1.54) is 6.08 Å². The maximum absolute atomic E-state index is 11.8. The zero-order valence-corrected chi connectivity index (χ0v) is 10.8. The molecule has 2 rings (SSSR count). The Balaban J connectivity index is 2.10. The molecule has 0 aliphatic carbocycles. The summed E-state index contributed by atoms with van der Waals surface area (Å²) in [7, 11) is 0. The molecule has 3 heteroatoms. The molecule has 0 aliphatic rings. The fourth-order valence-corrected chi connectivity index (χ4v) is 1.72. The number of benzene rings is 2. The molecule has 19 heavy (non-hydrogen) atoms. The molecule has 0 N–H and O–H groups in total. The van der Waals surface area contributed by atoms with Gasteiger partial charge in [-0.2, -0.15) is 0 Å². The van der Waals surface area contributed by atoms with E-state index in [-0.39, 0.29) is 5.78 Å². The van der Waals surface area contributed by atoms with Crippen LogP contribution >= 0.6 is 11.6 Å². The van der Waals surface area contributed by atoms with Gasteiger partial charge in [-0.1, -0.05) is 48.5 Å². The minimum absolute atomic E-state index is 0.0573. The largest absolute Gasteiger partial charge is 0.289 e. The highest BCUT2D eigenvalue weighted by Crippen LogP contribution is 2.09. The van der Waals surface area contributed by atoms with Crippen molar-refractivity contribution >= 4 is 28.7 Å². The van der Waals surface area contributed by atoms with Crippen molar-refractivity contribution in [1.82, 2.24) is 0 Å². The second-order valence-electron chi connectivity index (χ2n) is 3.96. The molecule has 2 aromatic carbocycles. The molecule has 0 bridgehead atoms. The molecule has 2 aromatic rings. The lowest BCUT2D eigenvalue weighted by atomic mass is 10.1. The Morgan fingerprint density at radius 3 is 2.05 bits per heavy atom. The first-order valence-corrected chi connectivity index (χ1v) is 6.12. The van der Waals surface area contributed by atoms with Crippen LogP contribution in [-0.2, 0) is 0 Å². The van der Waals surface area contributed by atoms with Gasteiger partial charge in [0.15, 0.2) is 5.78 Å². The molecule has 0 saturated carbocycles. The van der Waals surface area contributed by atoms with E-state index in [1.807, 2.05) is 18.2 Å². The monoisotopic (exact) mass is 270 g/mol. The maximum atomic E-state index is 11.8. The van der Waals surface area contributed by atoms with E-state index < -0.39 is 5.24 Å². The molecule has 0 saturated heterocycles. The van der Waals surface area contributed by atoms with Crippen molar-refractivity contribution in [2.75, 3.05) is 0 Å². The molecule has 0 amide bonds. The van der Waals surface area contributed by atoms with E-state index in [1.54, 1.807) is 42.5 Å². The standard InChI is InChI=1S/C16H11ClO2/c17-16(19)14-9-6-12(7-10-14)8-11-15(18)13-4-2-1-3-5-13/h1-11H. The zero-order chi connectivity index (χ0) is 13.7. The van der Waals surface area contributed by atoms with Gasteiger partial charge in [0.25, 0.3) is 5.24 Å². The van der Waals surface area contributed by atoms with Crippen LogP contribution in [0, 0.1) is 0 Å². The smallest absolute Gasteiger partial charge is 0.252 e. The minimum Gasteiger partial charge on any atom is -0.289 e. The number of carbonyl (C=O) groups is 2. The molecular weight excluding hydrogens is 260 g/mol. The molecule has 0 unspecified atom stereocenters. The van der Waals surface area contributed by atoms with Crippen molar-refractivity contribution in [3.05, 3.63) is 77.4 Å². The van der Waals surface area contributed by atoms with E-state index in [2.05, 4.69) is 0 Å². The Labute approximate surface area is 116 Å². The lowest BCUT2D eigenvalue weighted by Gasteiger charge is -1.96. The molecule has 0 aliphatic heterocycles. The third-order valence-corrected chi connectivity index (χ3v) is 2.84. The average Bonchev–Trinajstić information content (AvgIpc) is 2.46. The van der Waals surface area contributed by atoms with Gasteiger partial charge in [0.2, 0.25) is 0 Å². The van der Waals surface area contributed by atoms with Crippen LogP contribution < -0.4 is 0 Å². The third-order valence-electron chi connectivity index (χ3n) is 2.62. The van der Waals surface area contributed by atoms with Crippen molar-refractivity contribution in [2.24, 2.45) is 0 Å². The minimum atomic E-state index is -0.490. The normalized spacial score (nSPS) is 10.6. The zero-order valence-electron chi connectivity index (χ0n) is 10.0. The number of hydrogen-bond donors (Lipinski definition) is 0. The Hall–Kier alpha value is -2.19. The molecule has 0 radical (unpaired) electrons. The van der Waals surface area contributed by atoms with Gasteiger partial charge < -0.3 is 0 Å². The van der Waals surface area contributed by atoms with Gasteiger partial charge in [-0.25, -0.2) is 0 Å². The Bertz CT molecular complexity index is 613. The Morgan fingerprint density at radius 2 is 1.47 bits per heavy atom. The highest BCUT2D eigenvalue weighted by Gasteiger charge is 2.01. The van der Waals surface area contributed by atoms with Gasteiger partial charge in [0.1, 0.15) is 0 Å². The molecule has 0 aromatic heterocycles. The summed E-state index contributed by atoms with van der Waals surface area (Å²) >= 11 is 5.35. The summed E-state index contributed by atoms with van der Waals surface area (Å²) in [5, 5.41) is -0.490. The molecule has 2 nitrogen and oxygen atoms in total. The summed E-state index contributed by atoms with van der Waals surface area (Å²) in [6, 6.07) is 15.8. The van der Waals surface area contributed by atoms with Gasteiger partial charge in [-0.15, -0.1) is 0 Å². The molecule has 0 fully saturated rings. The molecule has 0 heterocycles. The summed E-state index contributed by atoms with van der Waals surface area (Å²) in [4.78, 5) is 22.7. The predicted molar refractivity (Wildman–Crippen MR) is 76.4 cm³/mol. The quantitative estimate of drug-likeness (QED) is 0.479. The van der Waals surface area contributed by atoms with Crippen LogP contribution in [0.2, 0.25) is 0 Å². The topological polar surface area (TPSA) is 34.1 Å². The number of carbonyl (C=O) groups excluding carboxylic acids is 2. The molecule has 0 spiro atoms. The summed E-state index contributed by atoms with van der Waals surface area (Å²) in [6.07, 6.45) is 3.21. The summed E-state index contributed by atoms with van der Waals surface area (Å²) in [5.41, 5.74) is 1.92. The van der Waals surface area contributed by atoms with E-state index in [0.29, 0.717) is 11.1 Å². The van der Waals surface area contributed by atoms with Crippen LogP contribution in [0.5, 0.6) is 0 Å². The van der Waals surface area contributed by atoms with E-state index in [9.17, 15) is 9.59 Å². The molecule has 94 valence electrons. The Kier molecular flexibility index (Phi) is 4.26. The Morgan fingerprint density at radius 1 is 0.842 bits per heavy atom. The van der Waals surface area contributed by atoms with Gasteiger partial charge in [-0.05, 0) is 35.4 Å². The molecule has 0 atom stereocenters. The van der Waals surface area contributed by atoms with Gasteiger partial charge in [0.05, 0.1) is 0 Å². The summed E-state index contributed by atoms with van der Waals surface area (Å²) < 4.78 is 0. The first-order valence-electron chi connectivity index (χ1n) is 5.74. The SMILES string of the molecule is O=C(Cl)c1ccc(C=CC(=O)c2ccccc2)cc1. The lowest BCUT2D eigenvalue weighted by Crippen LogP contribution is -1.93. The van der Waals surface area contributed by atoms with Crippen LogP contribution in [0.15, 0.2) is 60.7 Å². The van der Waals surface area contributed by atoms with Crippen molar-refractivity contribution in [3.8, 4) is 0 Å². The highest BCUT2D eigenvalue weighted by atomic mass is 35.5. The van der Waals surface area contributed by atoms with Crippen LogP contribution in [0.1, 0.15) is 26.3 Å². The van der Waals surface area contributed by atoms with Crippen molar-refractivity contribution in [1.29, 1.82) is 0 Å². The number of rotatable bonds is 4. The average molecular weight is 271 g/mol. The van der Waals surface area contributed by atoms with Crippen molar-refractivity contribution in [3.63, 3.8) is 0 Å². The number of halogens is 1. The first kappa shape index (κ1) is 13.2. The second-order valence-corrected chi connectivity index (χ2v) is 4.30. The first-order chi connectivity index (χ1) is 9.16. The lowest BCUT2D eigenvalue weighted by molar-refractivity contribution is 0.104. The summed E-state index contributed by atoms with van der Waals surface area (Å²) in [5.74, 6) is -0.0573. The van der Waals surface area contributed by atoms with Crippen LogP contribution in [0.3, 0.4) is 0 Å². The second kappa shape index (κ2) is 6.12. The highest BCUT2D eigenvalue weighted by molar-refractivity contribution is 6.67. The number of allylic oxidation sites excluding steroid dienone is 1. The van der Waals surface area contributed by atoms with Crippen LogP contribution in [0.4, 0.5) is 0 Å². The van der Waals surface area contributed by atoms with Gasteiger partial charge in [-0.3, -0.25) is 9.59 Å².